The van der Waals surface area contributed by atoms with Gasteiger partial charge in [-0.15, -0.1) is 4.91 Å². The van der Waals surface area contributed by atoms with Gasteiger partial charge in [-0.1, -0.05) is 0 Å². The summed E-state index contributed by atoms with van der Waals surface area (Å²) >= 11 is 0. The molecule has 7 nitrogen and oxygen atoms in total. The zero-order valence-electron chi connectivity index (χ0n) is 6.70. The summed E-state index contributed by atoms with van der Waals surface area (Å²) in [5.74, 6) is 0. The Morgan fingerprint density at radius 2 is 2.08 bits per heavy atom. The molecule has 4 atom stereocenters. The fourth-order valence-corrected chi connectivity index (χ4v) is 1.14. The maximum Gasteiger partial charge on any atom is 0.252 e. The molecule has 0 aromatic carbocycles. The normalized spacial score (nSPS) is 46.0. The lowest BCUT2D eigenvalue weighted by molar-refractivity contribution is -0.244. The monoisotopic (exact) mass is 193 g/mol. The molecule has 1 aliphatic heterocycles. The number of nitroso groups, excluding NO2 is 1. The van der Waals surface area contributed by atoms with Crippen LogP contribution in [-0.2, 0) is 4.74 Å². The van der Waals surface area contributed by atoms with Crippen molar-refractivity contribution in [3.63, 3.8) is 0 Å². The summed E-state index contributed by atoms with van der Waals surface area (Å²) in [6, 6.07) is 0. The SMILES string of the molecule is O=N[C@]1(CO)OC[C@@H](O)C(O)[C@@H]1O. The van der Waals surface area contributed by atoms with E-state index in [2.05, 4.69) is 9.91 Å². The fourth-order valence-electron chi connectivity index (χ4n) is 1.14. The molecule has 0 aromatic heterocycles. The van der Waals surface area contributed by atoms with Gasteiger partial charge in [0.25, 0.3) is 5.72 Å². The van der Waals surface area contributed by atoms with Crippen LogP contribution in [0.15, 0.2) is 5.18 Å². The minimum Gasteiger partial charge on any atom is -0.391 e. The van der Waals surface area contributed by atoms with Gasteiger partial charge >= 0.3 is 0 Å². The molecule has 0 saturated carbocycles. The Balaban J connectivity index is 2.83. The number of aliphatic hydroxyl groups is 4. The molecule has 4 N–H and O–H groups in total. The molecule has 0 aromatic rings. The van der Waals surface area contributed by atoms with Gasteiger partial charge in [-0.2, -0.15) is 0 Å². The molecule has 1 heterocycles. The molecule has 1 rings (SSSR count). The van der Waals surface area contributed by atoms with Gasteiger partial charge < -0.3 is 25.2 Å². The van der Waals surface area contributed by atoms with E-state index in [-0.39, 0.29) is 6.61 Å². The molecule has 0 amide bonds. The lowest BCUT2D eigenvalue weighted by Gasteiger charge is -2.39. The quantitative estimate of drug-likeness (QED) is 0.361. The van der Waals surface area contributed by atoms with Gasteiger partial charge in [0, 0.05) is 0 Å². The second-order valence-electron chi connectivity index (χ2n) is 2.91. The molecule has 1 unspecified atom stereocenters. The summed E-state index contributed by atoms with van der Waals surface area (Å²) in [7, 11) is 0. The van der Waals surface area contributed by atoms with Gasteiger partial charge in [0.1, 0.15) is 18.3 Å². The van der Waals surface area contributed by atoms with Crippen molar-refractivity contribution >= 4 is 0 Å². The fraction of sp³-hybridized carbons (Fsp3) is 1.00. The third kappa shape index (κ3) is 1.56. The average molecular weight is 193 g/mol. The van der Waals surface area contributed by atoms with Crippen LogP contribution in [0.2, 0.25) is 0 Å². The van der Waals surface area contributed by atoms with Gasteiger partial charge in [0.05, 0.1) is 13.2 Å². The molecule has 13 heavy (non-hydrogen) atoms. The Morgan fingerprint density at radius 1 is 1.46 bits per heavy atom. The molecular weight excluding hydrogens is 182 g/mol. The number of hydrogen-bond donors (Lipinski definition) is 4. The first-order valence-corrected chi connectivity index (χ1v) is 3.71. The van der Waals surface area contributed by atoms with Crippen LogP contribution in [0.5, 0.6) is 0 Å². The van der Waals surface area contributed by atoms with Crippen LogP contribution in [0.3, 0.4) is 0 Å². The predicted molar refractivity (Wildman–Crippen MR) is 39.6 cm³/mol. The third-order valence-electron chi connectivity index (χ3n) is 2.06. The van der Waals surface area contributed by atoms with Crippen LogP contribution in [-0.4, -0.2) is 57.7 Å². The number of aliphatic hydroxyl groups excluding tert-OH is 4. The highest BCUT2D eigenvalue weighted by Crippen LogP contribution is 2.26. The molecule has 0 aliphatic carbocycles. The summed E-state index contributed by atoms with van der Waals surface area (Å²) in [5.41, 5.74) is -2.06. The van der Waals surface area contributed by atoms with Crippen molar-refractivity contribution in [1.29, 1.82) is 0 Å². The van der Waals surface area contributed by atoms with E-state index in [1.807, 2.05) is 0 Å². The largest absolute Gasteiger partial charge is 0.391 e. The summed E-state index contributed by atoms with van der Waals surface area (Å²) in [6.45, 7) is -1.20. The van der Waals surface area contributed by atoms with E-state index in [0.717, 1.165) is 0 Å². The molecule has 0 spiro atoms. The van der Waals surface area contributed by atoms with Crippen LogP contribution in [0, 0.1) is 4.91 Å². The summed E-state index contributed by atoms with van der Waals surface area (Å²) in [6.07, 6.45) is -4.55. The van der Waals surface area contributed by atoms with Crippen molar-refractivity contribution < 1.29 is 25.2 Å². The van der Waals surface area contributed by atoms with Gasteiger partial charge in [-0.3, -0.25) is 0 Å². The van der Waals surface area contributed by atoms with Crippen LogP contribution >= 0.6 is 0 Å². The van der Waals surface area contributed by atoms with E-state index in [9.17, 15) is 10.0 Å². The smallest absolute Gasteiger partial charge is 0.252 e. The first-order valence-electron chi connectivity index (χ1n) is 3.71. The van der Waals surface area contributed by atoms with Crippen LogP contribution in [0.25, 0.3) is 0 Å². The van der Waals surface area contributed by atoms with E-state index >= 15 is 0 Å². The standard InChI is InChI=1S/C6H11NO6/c8-2-6(7-12)5(11)4(10)3(9)1-13-6/h3-5,8-11H,1-2H2/t3-,4?,5+,6-/m1/s1. The highest BCUT2D eigenvalue weighted by Gasteiger charge is 2.51. The minimum atomic E-state index is -2.06. The maximum atomic E-state index is 10.3. The van der Waals surface area contributed by atoms with Gasteiger partial charge in [-0.25, -0.2) is 0 Å². The van der Waals surface area contributed by atoms with E-state index < -0.39 is 30.6 Å². The van der Waals surface area contributed by atoms with Gasteiger partial charge in [-0.05, 0) is 5.18 Å². The average Bonchev–Trinajstić information content (AvgIpc) is 2.16. The Kier molecular flexibility index (Phi) is 2.94. The van der Waals surface area contributed by atoms with Gasteiger partial charge in [0.15, 0.2) is 0 Å². The predicted octanol–water partition coefficient (Wildman–Crippen LogP) is -2.45. The first kappa shape index (κ1) is 10.5. The molecule has 0 radical (unpaired) electrons. The van der Waals surface area contributed by atoms with E-state index in [0.29, 0.717) is 0 Å². The number of ether oxygens (including phenoxy) is 1. The van der Waals surface area contributed by atoms with Crippen molar-refractivity contribution in [2.75, 3.05) is 13.2 Å². The molecule has 1 aliphatic rings. The van der Waals surface area contributed by atoms with Crippen LogP contribution in [0.1, 0.15) is 0 Å². The van der Waals surface area contributed by atoms with Crippen LogP contribution in [0.4, 0.5) is 0 Å². The van der Waals surface area contributed by atoms with Crippen molar-refractivity contribution in [3.8, 4) is 0 Å². The Morgan fingerprint density at radius 3 is 2.54 bits per heavy atom. The lowest BCUT2D eigenvalue weighted by Crippen LogP contribution is -2.61. The van der Waals surface area contributed by atoms with Crippen molar-refractivity contribution in [1.82, 2.24) is 0 Å². The number of nitrogens with zero attached hydrogens (tertiary/aromatic N) is 1. The Bertz CT molecular complexity index is 200. The topological polar surface area (TPSA) is 120 Å². The maximum absolute atomic E-state index is 10.3. The van der Waals surface area contributed by atoms with E-state index in [1.54, 1.807) is 0 Å². The zero-order valence-corrected chi connectivity index (χ0v) is 6.70. The Labute approximate surface area is 73.5 Å². The van der Waals surface area contributed by atoms with Crippen molar-refractivity contribution in [2.45, 2.75) is 24.0 Å². The molecule has 7 heteroatoms. The van der Waals surface area contributed by atoms with Crippen LogP contribution < -0.4 is 0 Å². The highest BCUT2D eigenvalue weighted by molar-refractivity contribution is 4.96. The lowest BCUT2D eigenvalue weighted by atomic mass is 9.96. The van der Waals surface area contributed by atoms with E-state index in [1.165, 1.54) is 0 Å². The van der Waals surface area contributed by atoms with Crippen molar-refractivity contribution in [2.24, 2.45) is 5.18 Å². The second-order valence-corrected chi connectivity index (χ2v) is 2.91. The molecule has 1 saturated heterocycles. The molecule has 0 bridgehead atoms. The first-order chi connectivity index (χ1) is 6.07. The minimum absolute atomic E-state index is 0.357. The highest BCUT2D eigenvalue weighted by atomic mass is 16.6. The number of hydrogen-bond acceptors (Lipinski definition) is 7. The molecular formula is C6H11NO6. The third-order valence-corrected chi connectivity index (χ3v) is 2.06. The molecule has 76 valence electrons. The number of rotatable bonds is 2. The summed E-state index contributed by atoms with van der Waals surface area (Å²) in [5, 5.41) is 38.6. The van der Waals surface area contributed by atoms with Crippen molar-refractivity contribution in [3.05, 3.63) is 4.91 Å². The summed E-state index contributed by atoms with van der Waals surface area (Å²) < 4.78 is 4.67. The second kappa shape index (κ2) is 3.64. The summed E-state index contributed by atoms with van der Waals surface area (Å²) in [4.78, 5) is 10.3. The van der Waals surface area contributed by atoms with E-state index in [4.69, 9.17) is 15.3 Å². The Hall–Kier alpha value is -0.600. The zero-order chi connectivity index (χ0) is 10.1. The molecule has 1 fully saturated rings. The van der Waals surface area contributed by atoms with Gasteiger partial charge in [0.2, 0.25) is 0 Å².